The van der Waals surface area contributed by atoms with Crippen LogP contribution in [-0.4, -0.2) is 37.6 Å². The predicted octanol–water partition coefficient (Wildman–Crippen LogP) is 3.01. The van der Waals surface area contributed by atoms with E-state index in [4.69, 9.17) is 0 Å². The third kappa shape index (κ3) is 4.20. The molecule has 2 aromatic carbocycles. The van der Waals surface area contributed by atoms with Crippen molar-refractivity contribution in [2.24, 2.45) is 0 Å². The Morgan fingerprint density at radius 1 is 1.21 bits per heavy atom. The molecule has 0 spiro atoms. The first-order chi connectivity index (χ1) is 11.7. The average molecular weight is 327 g/mol. The lowest BCUT2D eigenvalue weighted by molar-refractivity contribution is 0.199. The second kappa shape index (κ2) is 7.88. The first kappa shape index (κ1) is 17.1. The Morgan fingerprint density at radius 2 is 2.08 bits per heavy atom. The number of piperazine rings is 1. The van der Waals surface area contributed by atoms with Gasteiger partial charge in [-0.15, -0.1) is 0 Å². The van der Waals surface area contributed by atoms with Gasteiger partial charge < -0.3 is 10.6 Å². The summed E-state index contributed by atoms with van der Waals surface area (Å²) in [7, 11) is 1.90. The fourth-order valence-corrected chi connectivity index (χ4v) is 3.36. The van der Waals surface area contributed by atoms with Crippen LogP contribution in [0.25, 0.3) is 11.1 Å². The Morgan fingerprint density at radius 3 is 2.88 bits per heavy atom. The second-order valence-electron chi connectivity index (χ2n) is 6.64. The summed E-state index contributed by atoms with van der Waals surface area (Å²) in [6, 6.07) is 14.1. The number of nitrogens with one attached hydrogen (secondary N) is 2. The van der Waals surface area contributed by atoms with Gasteiger partial charge in [0.05, 0.1) is 0 Å². The minimum atomic E-state index is -0.164. The van der Waals surface area contributed by atoms with E-state index in [1.807, 2.05) is 31.3 Å². The summed E-state index contributed by atoms with van der Waals surface area (Å²) in [5, 5.41) is 6.58. The molecule has 4 heteroatoms. The summed E-state index contributed by atoms with van der Waals surface area (Å²) in [5.41, 5.74) is 3.96. The van der Waals surface area contributed by atoms with E-state index in [-0.39, 0.29) is 5.82 Å². The lowest BCUT2D eigenvalue weighted by Crippen LogP contribution is -2.48. The molecule has 2 aromatic rings. The Kier molecular flexibility index (Phi) is 5.61. The van der Waals surface area contributed by atoms with Crippen LogP contribution in [0.3, 0.4) is 0 Å². The molecule has 1 fully saturated rings. The van der Waals surface area contributed by atoms with E-state index in [0.29, 0.717) is 11.6 Å². The van der Waals surface area contributed by atoms with Crippen molar-refractivity contribution in [3.63, 3.8) is 0 Å². The van der Waals surface area contributed by atoms with Crippen molar-refractivity contribution in [3.05, 3.63) is 59.4 Å². The Bertz CT molecular complexity index is 686. The van der Waals surface area contributed by atoms with E-state index < -0.39 is 0 Å². The van der Waals surface area contributed by atoms with Crippen LogP contribution in [0.15, 0.2) is 42.5 Å². The molecule has 2 N–H and O–H groups in total. The summed E-state index contributed by atoms with van der Waals surface area (Å²) in [4.78, 5) is 2.45. The van der Waals surface area contributed by atoms with Gasteiger partial charge >= 0.3 is 0 Å². The van der Waals surface area contributed by atoms with Gasteiger partial charge in [-0.3, -0.25) is 4.90 Å². The fraction of sp³-hybridized carbons (Fsp3) is 0.400. The third-order valence-electron chi connectivity index (χ3n) is 4.51. The van der Waals surface area contributed by atoms with Crippen molar-refractivity contribution in [2.75, 3.05) is 26.7 Å². The number of rotatable bonds is 5. The monoisotopic (exact) mass is 327 g/mol. The van der Waals surface area contributed by atoms with Crippen molar-refractivity contribution < 1.29 is 4.39 Å². The largest absolute Gasteiger partial charge is 0.316 e. The van der Waals surface area contributed by atoms with Gasteiger partial charge in [0.25, 0.3) is 0 Å². The molecule has 0 radical (unpaired) electrons. The van der Waals surface area contributed by atoms with Crippen LogP contribution in [0, 0.1) is 5.82 Å². The minimum absolute atomic E-state index is 0.164. The number of halogens is 1. The summed E-state index contributed by atoms with van der Waals surface area (Å²) in [6.07, 6.45) is 0. The van der Waals surface area contributed by atoms with E-state index in [2.05, 4.69) is 34.6 Å². The highest BCUT2D eigenvalue weighted by molar-refractivity contribution is 5.65. The molecular formula is C20H26FN3. The maximum Gasteiger partial charge on any atom is 0.131 e. The smallest absolute Gasteiger partial charge is 0.131 e. The van der Waals surface area contributed by atoms with Crippen LogP contribution in [-0.2, 0) is 13.1 Å². The van der Waals surface area contributed by atoms with Crippen LogP contribution < -0.4 is 10.6 Å². The molecular weight excluding hydrogens is 301 g/mol. The molecule has 1 aliphatic heterocycles. The number of nitrogens with zero attached hydrogens (tertiary/aromatic N) is 1. The van der Waals surface area contributed by atoms with Gasteiger partial charge in [0.15, 0.2) is 0 Å². The van der Waals surface area contributed by atoms with Crippen LogP contribution in [0.5, 0.6) is 0 Å². The second-order valence-corrected chi connectivity index (χ2v) is 6.64. The molecule has 0 amide bonds. The molecule has 3 nitrogen and oxygen atoms in total. The molecule has 1 heterocycles. The lowest BCUT2D eigenvalue weighted by Gasteiger charge is -2.31. The predicted molar refractivity (Wildman–Crippen MR) is 97.3 cm³/mol. The van der Waals surface area contributed by atoms with Gasteiger partial charge in [-0.05, 0) is 48.9 Å². The van der Waals surface area contributed by atoms with E-state index in [0.717, 1.165) is 43.9 Å². The first-order valence-electron chi connectivity index (χ1n) is 8.64. The Balaban J connectivity index is 1.81. The summed E-state index contributed by atoms with van der Waals surface area (Å²) >= 11 is 0. The van der Waals surface area contributed by atoms with Crippen LogP contribution in [0.1, 0.15) is 18.1 Å². The van der Waals surface area contributed by atoms with E-state index in [1.165, 1.54) is 5.56 Å². The molecule has 0 saturated carbocycles. The topological polar surface area (TPSA) is 27.3 Å². The Hall–Kier alpha value is -1.75. The van der Waals surface area contributed by atoms with Crippen LogP contribution in [0.2, 0.25) is 0 Å². The van der Waals surface area contributed by atoms with E-state index in [9.17, 15) is 4.39 Å². The lowest BCUT2D eigenvalue weighted by atomic mass is 10.00. The SMILES string of the molecule is CNCc1ccc(F)c(-c2cccc(CN3CCNC(C)C3)c2)c1. The van der Waals surface area contributed by atoms with Gasteiger partial charge in [-0.2, -0.15) is 0 Å². The maximum absolute atomic E-state index is 14.3. The van der Waals surface area contributed by atoms with Gasteiger partial charge in [0.1, 0.15) is 5.82 Å². The van der Waals surface area contributed by atoms with E-state index >= 15 is 0 Å². The summed E-state index contributed by atoms with van der Waals surface area (Å²) in [5.74, 6) is -0.164. The molecule has 0 bridgehead atoms. The molecule has 24 heavy (non-hydrogen) atoms. The van der Waals surface area contributed by atoms with Gasteiger partial charge in [0, 0.05) is 44.3 Å². The zero-order valence-electron chi connectivity index (χ0n) is 14.5. The van der Waals surface area contributed by atoms with Crippen molar-refractivity contribution in [3.8, 4) is 11.1 Å². The van der Waals surface area contributed by atoms with Crippen LogP contribution in [0.4, 0.5) is 4.39 Å². The van der Waals surface area contributed by atoms with Gasteiger partial charge in [-0.25, -0.2) is 4.39 Å². The summed E-state index contributed by atoms with van der Waals surface area (Å²) < 4.78 is 14.3. The molecule has 1 aliphatic rings. The zero-order chi connectivity index (χ0) is 16.9. The molecule has 0 aromatic heterocycles. The minimum Gasteiger partial charge on any atom is -0.316 e. The normalized spacial score (nSPS) is 18.7. The van der Waals surface area contributed by atoms with Crippen LogP contribution >= 0.6 is 0 Å². The molecule has 1 atom stereocenters. The molecule has 128 valence electrons. The molecule has 1 saturated heterocycles. The summed E-state index contributed by atoms with van der Waals surface area (Å²) in [6.45, 7) is 7.01. The number of hydrogen-bond acceptors (Lipinski definition) is 3. The Labute approximate surface area is 143 Å². The zero-order valence-corrected chi connectivity index (χ0v) is 14.5. The highest BCUT2D eigenvalue weighted by Gasteiger charge is 2.16. The third-order valence-corrected chi connectivity index (χ3v) is 4.51. The van der Waals surface area contributed by atoms with Crippen molar-refractivity contribution in [1.29, 1.82) is 0 Å². The average Bonchev–Trinajstić information content (AvgIpc) is 2.57. The molecule has 0 aliphatic carbocycles. The van der Waals surface area contributed by atoms with Gasteiger partial charge in [0.2, 0.25) is 0 Å². The van der Waals surface area contributed by atoms with Gasteiger partial charge in [-0.1, -0.05) is 24.3 Å². The molecule has 3 rings (SSSR count). The first-order valence-corrected chi connectivity index (χ1v) is 8.64. The van der Waals surface area contributed by atoms with E-state index in [1.54, 1.807) is 6.07 Å². The standard InChI is InChI=1S/C20H26FN3/c1-15-13-24(9-8-23-15)14-17-4-3-5-18(10-17)19-11-16(12-22-2)6-7-20(19)21/h3-7,10-11,15,22-23H,8-9,12-14H2,1-2H3. The highest BCUT2D eigenvalue weighted by Crippen LogP contribution is 2.25. The molecule has 1 unspecified atom stereocenters. The number of benzene rings is 2. The quantitative estimate of drug-likeness (QED) is 0.884. The van der Waals surface area contributed by atoms with Crippen molar-refractivity contribution >= 4 is 0 Å². The number of hydrogen-bond donors (Lipinski definition) is 2. The maximum atomic E-state index is 14.3. The van der Waals surface area contributed by atoms with Crippen molar-refractivity contribution in [2.45, 2.75) is 26.1 Å². The fourth-order valence-electron chi connectivity index (χ4n) is 3.36. The van der Waals surface area contributed by atoms with Crippen molar-refractivity contribution in [1.82, 2.24) is 15.5 Å². The highest BCUT2D eigenvalue weighted by atomic mass is 19.1.